The van der Waals surface area contributed by atoms with Crippen LogP contribution in [-0.4, -0.2) is 25.3 Å². The average Bonchev–Trinajstić information content (AvgIpc) is 2.71. The molecule has 1 heterocycles. The quantitative estimate of drug-likeness (QED) is 0.831. The van der Waals surface area contributed by atoms with Gasteiger partial charge in [0.1, 0.15) is 5.76 Å². The van der Waals surface area contributed by atoms with Gasteiger partial charge >= 0.3 is 12.1 Å². The standard InChI is InChI=1S/C11H14F3NO3/c1-7(5-11(12,13)14)15-6-8-3-4-9(18-8)10(16)17-2/h3-4,7,15H,5-6H2,1-2H3. The summed E-state index contributed by atoms with van der Waals surface area (Å²) >= 11 is 0. The highest BCUT2D eigenvalue weighted by molar-refractivity contribution is 5.86. The Morgan fingerprint density at radius 3 is 2.72 bits per heavy atom. The van der Waals surface area contributed by atoms with Crippen LogP contribution in [-0.2, 0) is 11.3 Å². The molecular weight excluding hydrogens is 251 g/mol. The Bertz CT molecular complexity index is 400. The lowest BCUT2D eigenvalue weighted by Crippen LogP contribution is -2.30. The molecule has 1 N–H and O–H groups in total. The number of ether oxygens (including phenoxy) is 1. The van der Waals surface area contributed by atoms with Crippen molar-refractivity contribution in [1.29, 1.82) is 0 Å². The van der Waals surface area contributed by atoms with E-state index in [0.29, 0.717) is 5.76 Å². The van der Waals surface area contributed by atoms with Gasteiger partial charge in [0, 0.05) is 6.04 Å². The van der Waals surface area contributed by atoms with Gasteiger partial charge in [0.2, 0.25) is 5.76 Å². The van der Waals surface area contributed by atoms with Gasteiger partial charge in [-0.3, -0.25) is 0 Å². The fourth-order valence-electron chi connectivity index (χ4n) is 1.38. The van der Waals surface area contributed by atoms with E-state index < -0.39 is 24.6 Å². The minimum atomic E-state index is -4.20. The van der Waals surface area contributed by atoms with Crippen molar-refractivity contribution in [2.24, 2.45) is 0 Å². The third kappa shape index (κ3) is 4.79. The summed E-state index contributed by atoms with van der Waals surface area (Å²) in [4.78, 5) is 11.1. The van der Waals surface area contributed by atoms with E-state index in [4.69, 9.17) is 4.42 Å². The highest BCUT2D eigenvalue weighted by Crippen LogP contribution is 2.21. The zero-order valence-electron chi connectivity index (χ0n) is 10.0. The van der Waals surface area contributed by atoms with Crippen LogP contribution in [0, 0.1) is 0 Å². The fourth-order valence-corrected chi connectivity index (χ4v) is 1.38. The molecule has 0 aliphatic carbocycles. The van der Waals surface area contributed by atoms with E-state index in [9.17, 15) is 18.0 Å². The van der Waals surface area contributed by atoms with E-state index in [1.165, 1.54) is 26.2 Å². The van der Waals surface area contributed by atoms with Crippen LogP contribution < -0.4 is 5.32 Å². The first kappa shape index (κ1) is 14.6. The van der Waals surface area contributed by atoms with Crippen molar-refractivity contribution in [1.82, 2.24) is 5.32 Å². The van der Waals surface area contributed by atoms with Crippen LogP contribution in [0.5, 0.6) is 0 Å². The molecule has 0 amide bonds. The molecule has 1 atom stereocenters. The zero-order chi connectivity index (χ0) is 13.8. The van der Waals surface area contributed by atoms with E-state index in [-0.39, 0.29) is 12.3 Å². The predicted molar refractivity (Wildman–Crippen MR) is 57.0 cm³/mol. The van der Waals surface area contributed by atoms with Crippen molar-refractivity contribution >= 4 is 5.97 Å². The summed E-state index contributed by atoms with van der Waals surface area (Å²) < 4.78 is 45.7. The number of rotatable bonds is 5. The maximum atomic E-state index is 12.1. The third-order valence-electron chi connectivity index (χ3n) is 2.21. The van der Waals surface area contributed by atoms with Crippen molar-refractivity contribution in [3.63, 3.8) is 0 Å². The first-order valence-electron chi connectivity index (χ1n) is 5.29. The van der Waals surface area contributed by atoms with Crippen molar-refractivity contribution in [3.8, 4) is 0 Å². The highest BCUT2D eigenvalue weighted by atomic mass is 19.4. The fraction of sp³-hybridized carbons (Fsp3) is 0.545. The molecule has 4 nitrogen and oxygen atoms in total. The van der Waals surface area contributed by atoms with Crippen LogP contribution in [0.15, 0.2) is 16.5 Å². The molecule has 102 valence electrons. The number of carbonyl (C=O) groups excluding carboxylic acids is 1. The molecule has 0 radical (unpaired) electrons. The summed E-state index contributed by atoms with van der Waals surface area (Å²) in [5.41, 5.74) is 0. The van der Waals surface area contributed by atoms with Crippen LogP contribution in [0.2, 0.25) is 0 Å². The van der Waals surface area contributed by atoms with Gasteiger partial charge in [-0.15, -0.1) is 0 Å². The number of halogens is 3. The summed E-state index contributed by atoms with van der Waals surface area (Å²) in [6, 6.07) is 2.20. The number of esters is 1. The molecular formula is C11H14F3NO3. The molecule has 0 saturated heterocycles. The number of carbonyl (C=O) groups is 1. The van der Waals surface area contributed by atoms with E-state index in [1.807, 2.05) is 0 Å². The number of alkyl halides is 3. The van der Waals surface area contributed by atoms with Gasteiger partial charge in [-0.25, -0.2) is 4.79 Å². The van der Waals surface area contributed by atoms with Gasteiger partial charge in [0.15, 0.2) is 0 Å². The molecule has 0 aliphatic rings. The van der Waals surface area contributed by atoms with Crippen LogP contribution in [0.1, 0.15) is 29.7 Å². The second kappa shape index (κ2) is 5.90. The first-order valence-corrected chi connectivity index (χ1v) is 5.29. The van der Waals surface area contributed by atoms with E-state index >= 15 is 0 Å². The molecule has 0 aliphatic heterocycles. The first-order chi connectivity index (χ1) is 8.31. The summed E-state index contributed by atoms with van der Waals surface area (Å²) in [6.45, 7) is 1.55. The number of hydrogen-bond donors (Lipinski definition) is 1. The smallest absolute Gasteiger partial charge is 0.390 e. The van der Waals surface area contributed by atoms with Gasteiger partial charge < -0.3 is 14.5 Å². The van der Waals surface area contributed by atoms with Gasteiger partial charge in [0.05, 0.1) is 20.1 Å². The topological polar surface area (TPSA) is 51.5 Å². The molecule has 0 spiro atoms. The lowest BCUT2D eigenvalue weighted by atomic mass is 10.2. The molecule has 0 aromatic carbocycles. The second-order valence-corrected chi connectivity index (χ2v) is 3.86. The SMILES string of the molecule is COC(=O)c1ccc(CNC(C)CC(F)(F)F)o1. The molecule has 1 aromatic heterocycles. The Kier molecular flexibility index (Phi) is 4.77. The van der Waals surface area contributed by atoms with E-state index in [2.05, 4.69) is 10.1 Å². The Morgan fingerprint density at radius 2 is 2.17 bits per heavy atom. The molecule has 1 unspecified atom stereocenters. The Morgan fingerprint density at radius 1 is 1.50 bits per heavy atom. The number of methoxy groups -OCH3 is 1. The molecule has 18 heavy (non-hydrogen) atoms. The minimum absolute atomic E-state index is 0.0257. The van der Waals surface area contributed by atoms with Gasteiger partial charge in [-0.1, -0.05) is 0 Å². The van der Waals surface area contributed by atoms with Crippen molar-refractivity contribution < 1.29 is 27.1 Å². The van der Waals surface area contributed by atoms with E-state index in [1.54, 1.807) is 0 Å². The van der Waals surface area contributed by atoms with Crippen LogP contribution in [0.3, 0.4) is 0 Å². The van der Waals surface area contributed by atoms with Gasteiger partial charge in [-0.2, -0.15) is 13.2 Å². The number of hydrogen-bond acceptors (Lipinski definition) is 4. The van der Waals surface area contributed by atoms with Gasteiger partial charge in [0.25, 0.3) is 0 Å². The van der Waals surface area contributed by atoms with Crippen LogP contribution in [0.25, 0.3) is 0 Å². The molecule has 0 saturated carbocycles. The maximum Gasteiger partial charge on any atom is 0.390 e. The number of furan rings is 1. The van der Waals surface area contributed by atoms with Crippen molar-refractivity contribution in [2.75, 3.05) is 7.11 Å². The molecule has 7 heteroatoms. The van der Waals surface area contributed by atoms with Gasteiger partial charge in [-0.05, 0) is 19.1 Å². The molecule has 1 aromatic rings. The summed E-state index contributed by atoms with van der Waals surface area (Å²) in [5, 5.41) is 2.66. The van der Waals surface area contributed by atoms with Crippen LogP contribution in [0.4, 0.5) is 13.2 Å². The normalized spacial score (nSPS) is 13.4. The van der Waals surface area contributed by atoms with Crippen molar-refractivity contribution in [2.45, 2.75) is 32.1 Å². The lowest BCUT2D eigenvalue weighted by molar-refractivity contribution is -0.139. The van der Waals surface area contributed by atoms with E-state index in [0.717, 1.165) is 0 Å². The monoisotopic (exact) mass is 265 g/mol. The average molecular weight is 265 g/mol. The predicted octanol–water partition coefficient (Wildman–Crippen LogP) is 2.50. The third-order valence-corrected chi connectivity index (χ3v) is 2.21. The largest absolute Gasteiger partial charge is 0.463 e. The number of nitrogens with one attached hydrogen (secondary N) is 1. The maximum absolute atomic E-state index is 12.1. The van der Waals surface area contributed by atoms with Crippen molar-refractivity contribution in [3.05, 3.63) is 23.7 Å². The molecule has 0 bridgehead atoms. The summed E-state index contributed by atoms with van der Waals surface area (Å²) in [5.74, 6) is -0.216. The summed E-state index contributed by atoms with van der Waals surface area (Å²) in [6.07, 6.45) is -5.12. The lowest BCUT2D eigenvalue weighted by Gasteiger charge is -2.14. The van der Waals surface area contributed by atoms with Crippen LogP contribution >= 0.6 is 0 Å². The minimum Gasteiger partial charge on any atom is -0.463 e. The summed E-state index contributed by atoms with van der Waals surface area (Å²) in [7, 11) is 1.22. The zero-order valence-corrected chi connectivity index (χ0v) is 10.0. The second-order valence-electron chi connectivity index (χ2n) is 3.86. The Hall–Kier alpha value is -1.50. The Balaban J connectivity index is 2.44. The molecule has 0 fully saturated rings. The Labute approximate surface area is 102 Å². The highest BCUT2D eigenvalue weighted by Gasteiger charge is 2.29. The molecule has 1 rings (SSSR count).